The quantitative estimate of drug-likeness (QED) is 0.103. The van der Waals surface area contributed by atoms with E-state index in [1.807, 2.05) is 0 Å². The maximum absolute atomic E-state index is 12.5. The lowest BCUT2D eigenvalue weighted by Crippen LogP contribution is -2.45. The van der Waals surface area contributed by atoms with Crippen molar-refractivity contribution < 1.29 is 37.8 Å². The van der Waals surface area contributed by atoms with Crippen molar-refractivity contribution in [2.75, 3.05) is 12.4 Å². The third kappa shape index (κ3) is 8.69. The molecule has 13 nitrogen and oxygen atoms in total. The number of carboxylic acids is 2. The number of hydrogen-bond donors (Lipinski definition) is 6. The number of hydrogen-bond acceptors (Lipinski definition) is 7. The Labute approximate surface area is 201 Å². The van der Waals surface area contributed by atoms with Gasteiger partial charge in [0.1, 0.15) is 5.75 Å². The number of guanidine groups is 1. The monoisotopic (exact) mass is 507 g/mol. The lowest BCUT2D eigenvalue weighted by atomic mass is 10.1. The van der Waals surface area contributed by atoms with Crippen LogP contribution < -0.4 is 20.5 Å². The molecule has 0 saturated carbocycles. The molecule has 2 rings (SSSR count). The summed E-state index contributed by atoms with van der Waals surface area (Å²) in [6.45, 7) is -0.168. The molecule has 35 heavy (non-hydrogen) atoms. The number of aliphatic carboxylic acids is 2. The first-order valence-electron chi connectivity index (χ1n) is 10.1. The molecule has 188 valence electrons. The van der Waals surface area contributed by atoms with Crippen molar-refractivity contribution in [1.29, 1.82) is 5.41 Å². The third-order valence-electron chi connectivity index (χ3n) is 4.71. The largest absolute Gasteiger partial charge is 0.481 e. The maximum Gasteiger partial charge on any atom is 0.343 e. The average molecular weight is 508 g/mol. The second kappa shape index (κ2) is 11.9. The topological polar surface area (TPSA) is 212 Å². The fourth-order valence-corrected chi connectivity index (χ4v) is 3.99. The zero-order valence-corrected chi connectivity index (χ0v) is 19.4. The predicted molar refractivity (Wildman–Crippen MR) is 125 cm³/mol. The number of nitrogens with zero attached hydrogens (tertiary/aromatic N) is 1. The summed E-state index contributed by atoms with van der Waals surface area (Å²) in [6, 6.07) is 10.8. The van der Waals surface area contributed by atoms with Crippen LogP contribution in [0.4, 0.5) is 5.69 Å². The van der Waals surface area contributed by atoms with Crippen LogP contribution in [-0.4, -0.2) is 59.9 Å². The van der Waals surface area contributed by atoms with Crippen LogP contribution in [0.1, 0.15) is 28.8 Å². The van der Waals surface area contributed by atoms with Crippen molar-refractivity contribution in [3.05, 3.63) is 59.7 Å². The molecule has 0 atom stereocenters. The zero-order chi connectivity index (χ0) is 26.2. The third-order valence-corrected chi connectivity index (χ3v) is 6.27. The molecule has 0 aromatic heterocycles. The Kier molecular flexibility index (Phi) is 9.27. The minimum atomic E-state index is -4.18. The predicted octanol–water partition coefficient (Wildman–Crippen LogP) is 0.795. The van der Waals surface area contributed by atoms with Crippen molar-refractivity contribution in [1.82, 2.24) is 9.03 Å². The highest BCUT2D eigenvalue weighted by Gasteiger charge is 2.29. The van der Waals surface area contributed by atoms with Crippen LogP contribution >= 0.6 is 0 Å². The summed E-state index contributed by atoms with van der Waals surface area (Å²) in [5, 5.41) is 27.6. The second-order valence-corrected chi connectivity index (χ2v) is 9.16. The van der Waals surface area contributed by atoms with Gasteiger partial charge in [-0.3, -0.25) is 15.0 Å². The Morgan fingerprint density at radius 2 is 1.57 bits per heavy atom. The highest BCUT2D eigenvalue weighted by Crippen LogP contribution is 2.17. The van der Waals surface area contributed by atoms with Gasteiger partial charge >= 0.3 is 17.9 Å². The van der Waals surface area contributed by atoms with Gasteiger partial charge in [-0.1, -0.05) is 12.1 Å². The van der Waals surface area contributed by atoms with Crippen LogP contribution in [0.3, 0.4) is 0 Å². The number of anilines is 1. The summed E-state index contributed by atoms with van der Waals surface area (Å²) in [5.74, 6) is -3.31. The van der Waals surface area contributed by atoms with Crippen molar-refractivity contribution in [3.63, 3.8) is 0 Å². The number of benzene rings is 2. The van der Waals surface area contributed by atoms with Gasteiger partial charge in [0, 0.05) is 25.3 Å². The molecule has 0 aliphatic carbocycles. The molecule has 0 amide bonds. The number of rotatable bonds is 12. The van der Waals surface area contributed by atoms with Gasteiger partial charge in [-0.15, -0.1) is 0 Å². The van der Waals surface area contributed by atoms with Crippen LogP contribution in [0.25, 0.3) is 0 Å². The van der Waals surface area contributed by atoms with E-state index < -0.39 is 47.0 Å². The Hall–Kier alpha value is -4.01. The van der Waals surface area contributed by atoms with Gasteiger partial charge < -0.3 is 26.0 Å². The lowest BCUT2D eigenvalue weighted by Gasteiger charge is -2.25. The summed E-state index contributed by atoms with van der Waals surface area (Å²) in [5.41, 5.74) is 6.54. The normalized spacial score (nSPS) is 11.3. The van der Waals surface area contributed by atoms with Crippen LogP contribution in [0.5, 0.6) is 5.75 Å². The number of ether oxygens (including phenoxy) is 1. The maximum atomic E-state index is 12.5. The van der Waals surface area contributed by atoms with E-state index in [-0.39, 0.29) is 23.8 Å². The summed E-state index contributed by atoms with van der Waals surface area (Å²) in [7, 11) is -3.08. The molecular formula is C21H25N5O8S. The SMILES string of the molecule is CN(C(CC(=O)O)CC(=O)O)S(=O)(=O)NCc1ccc(OC(=O)c2ccc(NC(=N)N)cc2)cc1. The number of carboxylic acid groups (broad SMARTS) is 2. The van der Waals surface area contributed by atoms with Gasteiger partial charge in [0.2, 0.25) is 0 Å². The first kappa shape index (κ1) is 27.2. The fourth-order valence-electron chi connectivity index (χ4n) is 2.89. The number of nitrogens with one attached hydrogen (secondary N) is 3. The molecule has 0 saturated heterocycles. The standard InChI is InChI=1S/C21H25N5O8S/c1-26(16(10-18(27)28)11-19(29)30)35(32,33)24-12-13-2-8-17(9-3-13)34-20(31)14-4-6-15(7-5-14)25-21(22)23/h2-9,16,24H,10-12H2,1H3,(H,27,28)(H,29,30)(H4,22,23,25). The van der Waals surface area contributed by atoms with Crippen LogP contribution in [0, 0.1) is 5.41 Å². The Morgan fingerprint density at radius 1 is 1.03 bits per heavy atom. The fraction of sp³-hybridized carbons (Fsp3) is 0.238. The van der Waals surface area contributed by atoms with Crippen LogP contribution in [0.2, 0.25) is 0 Å². The van der Waals surface area contributed by atoms with Gasteiger partial charge in [0.05, 0.1) is 18.4 Å². The minimum Gasteiger partial charge on any atom is -0.481 e. The molecule has 0 spiro atoms. The average Bonchev–Trinajstić information content (AvgIpc) is 2.77. The minimum absolute atomic E-state index is 0.168. The first-order valence-corrected chi connectivity index (χ1v) is 11.5. The molecule has 0 radical (unpaired) electrons. The van der Waals surface area contributed by atoms with Gasteiger partial charge in [-0.05, 0) is 42.0 Å². The van der Waals surface area contributed by atoms with Gasteiger partial charge in [0.25, 0.3) is 10.2 Å². The van der Waals surface area contributed by atoms with Crippen LogP contribution in [-0.2, 0) is 26.3 Å². The number of carbonyl (C=O) groups is 3. The molecule has 7 N–H and O–H groups in total. The van der Waals surface area contributed by atoms with E-state index in [0.717, 1.165) is 7.05 Å². The first-order chi connectivity index (χ1) is 16.4. The van der Waals surface area contributed by atoms with Crippen molar-refractivity contribution >= 4 is 39.8 Å². The molecule has 0 aliphatic heterocycles. The van der Waals surface area contributed by atoms with Crippen molar-refractivity contribution in [2.24, 2.45) is 5.73 Å². The highest BCUT2D eigenvalue weighted by molar-refractivity contribution is 7.87. The Balaban J connectivity index is 1.97. The van der Waals surface area contributed by atoms with Crippen molar-refractivity contribution in [2.45, 2.75) is 25.4 Å². The molecular weight excluding hydrogens is 482 g/mol. The molecule has 0 heterocycles. The van der Waals surface area contributed by atoms with E-state index in [2.05, 4.69) is 10.0 Å². The molecule has 0 aliphatic rings. The highest BCUT2D eigenvalue weighted by atomic mass is 32.2. The Bertz CT molecular complexity index is 1170. The van der Waals surface area contributed by atoms with E-state index in [0.29, 0.717) is 15.6 Å². The lowest BCUT2D eigenvalue weighted by molar-refractivity contribution is -0.140. The second-order valence-electron chi connectivity index (χ2n) is 7.34. The van der Waals surface area contributed by atoms with Gasteiger partial charge in [-0.2, -0.15) is 17.4 Å². The summed E-state index contributed by atoms with van der Waals surface area (Å²) in [6.07, 6.45) is -1.33. The molecule has 2 aromatic carbocycles. The van der Waals surface area contributed by atoms with E-state index >= 15 is 0 Å². The van der Waals surface area contributed by atoms with Gasteiger partial charge in [0.15, 0.2) is 5.96 Å². The number of nitrogens with two attached hydrogens (primary N) is 1. The van der Waals surface area contributed by atoms with E-state index in [1.54, 1.807) is 12.1 Å². The zero-order valence-electron chi connectivity index (χ0n) is 18.6. The molecule has 14 heteroatoms. The van der Waals surface area contributed by atoms with E-state index in [1.165, 1.54) is 36.4 Å². The van der Waals surface area contributed by atoms with Crippen molar-refractivity contribution in [3.8, 4) is 5.75 Å². The summed E-state index contributed by atoms with van der Waals surface area (Å²) >= 11 is 0. The summed E-state index contributed by atoms with van der Waals surface area (Å²) in [4.78, 5) is 34.2. The van der Waals surface area contributed by atoms with E-state index in [9.17, 15) is 22.8 Å². The smallest absolute Gasteiger partial charge is 0.343 e. The number of carbonyl (C=O) groups excluding carboxylic acids is 1. The van der Waals surface area contributed by atoms with Crippen LogP contribution in [0.15, 0.2) is 48.5 Å². The molecule has 2 aromatic rings. The molecule has 0 fully saturated rings. The summed E-state index contributed by atoms with van der Waals surface area (Å²) < 4.78 is 33.2. The Morgan fingerprint density at radius 3 is 2.06 bits per heavy atom. The molecule has 0 bridgehead atoms. The van der Waals surface area contributed by atoms with E-state index in [4.69, 9.17) is 26.1 Å². The van der Waals surface area contributed by atoms with Gasteiger partial charge in [-0.25, -0.2) is 4.79 Å². The molecule has 0 unspecified atom stereocenters. The number of esters is 1.